The van der Waals surface area contributed by atoms with Gasteiger partial charge in [0, 0.05) is 5.69 Å². The number of rotatable bonds is 0. The molecule has 68 valence electrons. The van der Waals surface area contributed by atoms with E-state index in [4.69, 9.17) is 5.73 Å². The van der Waals surface area contributed by atoms with Crippen LogP contribution >= 0.6 is 0 Å². The van der Waals surface area contributed by atoms with Crippen molar-refractivity contribution in [2.24, 2.45) is 0 Å². The van der Waals surface area contributed by atoms with Gasteiger partial charge in [-0.15, -0.1) is 0 Å². The van der Waals surface area contributed by atoms with Crippen LogP contribution in [-0.4, -0.2) is 0 Å². The maximum absolute atomic E-state index is 10.9. The average Bonchev–Trinajstić information content (AvgIpc) is 2.09. The number of benzene rings is 1. The summed E-state index contributed by atoms with van der Waals surface area (Å²) in [6.45, 7) is 0. The van der Waals surface area contributed by atoms with Crippen LogP contribution in [0.3, 0.4) is 0 Å². The van der Waals surface area contributed by atoms with E-state index in [-0.39, 0.29) is 40.7 Å². The molecule has 0 amide bonds. The minimum Gasteiger partial charge on any atom is -1.00 e. The third kappa shape index (κ3) is 1.75. The molecule has 6 heteroatoms. The summed E-state index contributed by atoms with van der Waals surface area (Å²) in [4.78, 5) is 0.403. The first kappa shape index (κ1) is 11.0. The van der Waals surface area contributed by atoms with Gasteiger partial charge in [0.15, 0.2) is 0 Å². The van der Waals surface area contributed by atoms with Gasteiger partial charge < -0.3 is 17.6 Å². The molecule has 0 saturated heterocycles. The van der Waals surface area contributed by atoms with E-state index < -0.39 is 0 Å². The first-order chi connectivity index (χ1) is 6.18. The minimum absolute atomic E-state index is 0. The van der Waals surface area contributed by atoms with Crippen molar-refractivity contribution in [1.29, 1.82) is 0 Å². The topological polar surface area (TPSA) is 79.9 Å². The van der Waals surface area contributed by atoms with E-state index >= 15 is 0 Å². The van der Waals surface area contributed by atoms with Crippen molar-refractivity contribution in [2.75, 3.05) is 5.73 Å². The molecule has 0 aliphatic carbocycles. The molecule has 14 heavy (non-hydrogen) atoms. The van der Waals surface area contributed by atoms with Crippen LogP contribution in [0.2, 0.25) is 0 Å². The molecule has 0 unspecified atom stereocenters. The third-order valence-electron chi connectivity index (χ3n) is 1.86. The predicted molar refractivity (Wildman–Crippen MR) is 47.4 cm³/mol. The number of hydrogen-bond acceptors (Lipinski definition) is 3. The quantitative estimate of drug-likeness (QED) is 0.211. The molecule has 0 aliphatic heterocycles. The van der Waals surface area contributed by atoms with Crippen molar-refractivity contribution in [3.05, 3.63) is 41.0 Å². The fraction of sp³-hybridized carbons (Fsp3) is 0. The van der Waals surface area contributed by atoms with Crippen LogP contribution in [0.4, 0.5) is 5.69 Å². The summed E-state index contributed by atoms with van der Waals surface area (Å²) in [7, 11) is 0. The summed E-state index contributed by atoms with van der Waals surface area (Å²) < 4.78 is 0. The van der Waals surface area contributed by atoms with Crippen molar-refractivity contribution < 1.29 is 40.7 Å². The molecule has 2 aromatic rings. The molecule has 2 N–H and O–H groups in total. The molecule has 0 radical (unpaired) electrons. The minimum atomic E-state index is 0. The summed E-state index contributed by atoms with van der Waals surface area (Å²) in [5.41, 5.74) is 6.10. The van der Waals surface area contributed by atoms with E-state index in [1.807, 2.05) is 0 Å². The van der Waals surface area contributed by atoms with Crippen LogP contribution < -0.4 is 45.0 Å². The standard InChI is InChI=1S/C8H7N3O2.Na.H/c9-8-3-1-2-6-4-10(12)11(13)5-7(6)8;;/h1-5H,9H2;;/q;+1;-1. The van der Waals surface area contributed by atoms with Gasteiger partial charge in [-0.25, -0.2) is 0 Å². The van der Waals surface area contributed by atoms with Gasteiger partial charge in [0.2, 0.25) is 0 Å². The van der Waals surface area contributed by atoms with Crippen molar-refractivity contribution >= 4 is 16.5 Å². The molecule has 0 aliphatic rings. The number of aromatic nitrogens is 2. The van der Waals surface area contributed by atoms with E-state index in [0.29, 0.717) is 16.5 Å². The van der Waals surface area contributed by atoms with E-state index in [2.05, 4.69) is 0 Å². The maximum atomic E-state index is 10.9. The van der Waals surface area contributed by atoms with Gasteiger partial charge in [-0.3, -0.25) is 0 Å². The smallest absolute Gasteiger partial charge is 1.00 e. The Bertz CT molecular complexity index is 481. The molecule has 0 spiro atoms. The maximum Gasteiger partial charge on any atom is 1.00 e. The Hall–Kier alpha value is -1.04. The molecule has 1 aromatic carbocycles. The van der Waals surface area contributed by atoms with Gasteiger partial charge in [0.25, 0.3) is 12.4 Å². The average molecular weight is 201 g/mol. The van der Waals surface area contributed by atoms with E-state index in [9.17, 15) is 10.4 Å². The molecule has 1 aromatic heterocycles. The normalized spacial score (nSPS) is 9.71. The Morgan fingerprint density at radius 1 is 1.14 bits per heavy atom. The fourth-order valence-corrected chi connectivity index (χ4v) is 1.21. The molecule has 0 saturated carbocycles. The van der Waals surface area contributed by atoms with Crippen molar-refractivity contribution in [3.63, 3.8) is 0 Å². The van der Waals surface area contributed by atoms with Crippen LogP contribution in [0.1, 0.15) is 1.43 Å². The summed E-state index contributed by atoms with van der Waals surface area (Å²) in [6.07, 6.45) is 2.36. The van der Waals surface area contributed by atoms with E-state index in [0.717, 1.165) is 6.20 Å². The van der Waals surface area contributed by atoms with E-state index in [1.165, 1.54) is 6.20 Å². The number of nitrogens with two attached hydrogens (primary N) is 1. The van der Waals surface area contributed by atoms with Gasteiger partial charge in [-0.2, -0.15) is 0 Å². The Morgan fingerprint density at radius 3 is 2.50 bits per heavy atom. The molecule has 0 bridgehead atoms. The third-order valence-corrected chi connectivity index (χ3v) is 1.86. The summed E-state index contributed by atoms with van der Waals surface area (Å²) >= 11 is 0. The largest absolute Gasteiger partial charge is 1.00 e. The first-order valence-electron chi connectivity index (χ1n) is 3.69. The van der Waals surface area contributed by atoms with Crippen LogP contribution in [0.5, 0.6) is 0 Å². The number of anilines is 1. The van der Waals surface area contributed by atoms with Crippen LogP contribution in [0.15, 0.2) is 30.6 Å². The zero-order chi connectivity index (χ0) is 9.42. The van der Waals surface area contributed by atoms with Crippen molar-refractivity contribution in [1.82, 2.24) is 0 Å². The van der Waals surface area contributed by atoms with Crippen molar-refractivity contribution in [3.8, 4) is 0 Å². The second kappa shape index (κ2) is 4.00. The Kier molecular flexibility index (Phi) is 3.15. The fourth-order valence-electron chi connectivity index (χ4n) is 1.21. The zero-order valence-corrected chi connectivity index (χ0v) is 9.68. The van der Waals surface area contributed by atoms with E-state index in [1.54, 1.807) is 18.2 Å². The van der Waals surface area contributed by atoms with Gasteiger partial charge in [0.05, 0.1) is 20.5 Å². The number of nitrogen functional groups attached to an aromatic ring is 1. The number of nitrogens with zero attached hydrogens (tertiary/aromatic N) is 2. The van der Waals surface area contributed by atoms with Crippen LogP contribution in [0.25, 0.3) is 10.8 Å². The van der Waals surface area contributed by atoms with Crippen LogP contribution in [0, 0.1) is 10.4 Å². The monoisotopic (exact) mass is 201 g/mol. The van der Waals surface area contributed by atoms with Crippen molar-refractivity contribution in [2.45, 2.75) is 0 Å². The molecule has 1 heterocycles. The van der Waals surface area contributed by atoms with Gasteiger partial charge in [-0.1, -0.05) is 6.07 Å². The summed E-state index contributed by atoms with van der Waals surface area (Å²) in [6, 6.07) is 5.13. The zero-order valence-electron chi connectivity index (χ0n) is 8.68. The van der Waals surface area contributed by atoms with Gasteiger partial charge in [0.1, 0.15) is 0 Å². The number of hydrogen-bond donors (Lipinski definition) is 1. The molecule has 2 rings (SSSR count). The Balaban J connectivity index is 0.000000980. The SMILES string of the molecule is Nc1cccc2c[n+]([O-])[n+]([O-])cc12.[H-].[Na+]. The van der Waals surface area contributed by atoms with Gasteiger partial charge in [-0.05, 0) is 12.1 Å². The molecule has 0 atom stereocenters. The summed E-state index contributed by atoms with van der Waals surface area (Å²) in [5, 5.41) is 23.0. The number of fused-ring (bicyclic) bond motifs is 1. The Labute approximate surface area is 104 Å². The molecular formula is C8H8N3NaO2. The predicted octanol–water partition coefficient (Wildman–Crippen LogP) is -3.19. The first-order valence-corrected chi connectivity index (χ1v) is 3.69. The molecular weight excluding hydrogens is 193 g/mol. The van der Waals surface area contributed by atoms with Gasteiger partial charge >= 0.3 is 29.6 Å². The van der Waals surface area contributed by atoms with Crippen LogP contribution in [-0.2, 0) is 0 Å². The molecule has 0 fully saturated rings. The second-order valence-corrected chi connectivity index (χ2v) is 2.71. The Morgan fingerprint density at radius 2 is 1.79 bits per heavy atom. The molecule has 5 nitrogen and oxygen atoms in total. The second-order valence-electron chi connectivity index (χ2n) is 2.71. The summed E-state index contributed by atoms with van der Waals surface area (Å²) in [5.74, 6) is 0.